The van der Waals surface area contributed by atoms with Gasteiger partial charge in [-0.1, -0.05) is 6.42 Å². The van der Waals surface area contributed by atoms with E-state index >= 15 is 0 Å². The largest absolute Gasteiger partial charge is 0.340 e. The monoisotopic (exact) mass is 502 g/mol. The predicted molar refractivity (Wildman–Crippen MR) is 143 cm³/mol. The lowest BCUT2D eigenvalue weighted by Gasteiger charge is -2.40. The number of rotatable bonds is 5. The number of carbonyl (C=O) groups is 2. The molecule has 2 saturated heterocycles. The van der Waals surface area contributed by atoms with Crippen molar-refractivity contribution in [3.63, 3.8) is 0 Å². The summed E-state index contributed by atoms with van der Waals surface area (Å²) < 4.78 is 1.64. The number of benzene rings is 1. The van der Waals surface area contributed by atoms with Gasteiger partial charge in [0, 0.05) is 48.5 Å². The van der Waals surface area contributed by atoms with Gasteiger partial charge in [0.25, 0.3) is 0 Å². The lowest BCUT2D eigenvalue weighted by Crippen LogP contribution is -2.49. The van der Waals surface area contributed by atoms with Crippen molar-refractivity contribution in [3.05, 3.63) is 42.9 Å². The van der Waals surface area contributed by atoms with E-state index in [1.54, 1.807) is 16.8 Å². The Balaban J connectivity index is 1.05. The number of nitrogens with zero attached hydrogens (tertiary/aromatic N) is 5. The Morgan fingerprint density at radius 1 is 0.838 bits per heavy atom. The van der Waals surface area contributed by atoms with Gasteiger partial charge in [-0.05, 0) is 75.9 Å². The number of hydrogen-bond acceptors (Lipinski definition) is 6. The van der Waals surface area contributed by atoms with Crippen LogP contribution in [-0.4, -0.2) is 74.7 Å². The van der Waals surface area contributed by atoms with E-state index in [-0.39, 0.29) is 12.1 Å². The maximum absolute atomic E-state index is 12.9. The zero-order chi connectivity index (χ0) is 25.2. The molecule has 1 saturated carbocycles. The van der Waals surface area contributed by atoms with E-state index in [1.807, 2.05) is 29.2 Å². The molecular formula is C27H34N8O2. The molecule has 0 bridgehead atoms. The summed E-state index contributed by atoms with van der Waals surface area (Å²) in [5, 5.41) is 10.2. The van der Waals surface area contributed by atoms with Gasteiger partial charge in [0.2, 0.25) is 0 Å². The normalized spacial score (nSPS) is 19.1. The Labute approximate surface area is 216 Å². The Morgan fingerprint density at radius 2 is 1.62 bits per heavy atom. The third-order valence-electron chi connectivity index (χ3n) is 7.65. The number of carbonyl (C=O) groups excluding carboxylic acids is 2. The third-order valence-corrected chi connectivity index (χ3v) is 7.65. The Bertz CT molecular complexity index is 1270. The molecule has 3 amide bonds. The van der Waals surface area contributed by atoms with Gasteiger partial charge in [-0.3, -0.25) is 9.88 Å². The molecule has 10 nitrogen and oxygen atoms in total. The summed E-state index contributed by atoms with van der Waals surface area (Å²) in [6, 6.07) is 10.2. The summed E-state index contributed by atoms with van der Waals surface area (Å²) in [5.41, 5.74) is 1.69. The van der Waals surface area contributed by atoms with Gasteiger partial charge in [-0.25, -0.2) is 19.6 Å². The summed E-state index contributed by atoms with van der Waals surface area (Å²) in [6.07, 6.45) is 11.3. The molecule has 194 valence electrons. The molecule has 0 spiro atoms. The number of hydrogen-bond donors (Lipinski definition) is 3. The molecule has 37 heavy (non-hydrogen) atoms. The Morgan fingerprint density at radius 3 is 2.41 bits per heavy atom. The first-order chi connectivity index (χ1) is 18.1. The van der Waals surface area contributed by atoms with Crippen LogP contribution in [0.2, 0.25) is 0 Å². The van der Waals surface area contributed by atoms with E-state index < -0.39 is 0 Å². The average molecular weight is 503 g/mol. The molecule has 3 aliphatic rings. The first kappa shape index (κ1) is 23.7. The molecule has 2 aromatic heterocycles. The molecular weight excluding hydrogens is 468 g/mol. The summed E-state index contributed by atoms with van der Waals surface area (Å²) in [7, 11) is 0. The fourth-order valence-corrected chi connectivity index (χ4v) is 5.42. The molecule has 1 aromatic carbocycles. The molecule has 10 heteroatoms. The maximum atomic E-state index is 12.9. The summed E-state index contributed by atoms with van der Waals surface area (Å²) >= 11 is 0. The number of amides is 3. The highest BCUT2D eigenvalue weighted by molar-refractivity contribution is 5.93. The molecule has 0 unspecified atom stereocenters. The fourth-order valence-electron chi connectivity index (χ4n) is 5.42. The van der Waals surface area contributed by atoms with Crippen LogP contribution >= 0.6 is 0 Å². The summed E-state index contributed by atoms with van der Waals surface area (Å²) in [4.78, 5) is 38.4. The topological polar surface area (TPSA) is 107 Å². The lowest BCUT2D eigenvalue weighted by atomic mass is 10.0. The van der Waals surface area contributed by atoms with Crippen LogP contribution < -0.4 is 16.0 Å². The molecule has 2 aliphatic heterocycles. The molecule has 6 rings (SSSR count). The standard InChI is InChI=1S/C27H34N8O2/c36-26(34-13-9-22(10-14-34)33-11-2-1-3-12-33)32-25-17-24(28-18-29-25)30-21-6-7-23-19(16-21)8-15-35(23)27(37)31-20-4-5-20/h6-8,15-18,20,22H,1-5,9-14H2,(H,31,37)(H2,28,29,30,32,36). The quantitative estimate of drug-likeness (QED) is 0.478. The number of piperidine rings is 2. The number of likely N-dealkylation sites (tertiary alicyclic amines) is 2. The zero-order valence-electron chi connectivity index (χ0n) is 21.0. The maximum Gasteiger partial charge on any atom is 0.326 e. The van der Waals surface area contributed by atoms with Crippen LogP contribution in [0.25, 0.3) is 10.9 Å². The first-order valence-electron chi connectivity index (χ1n) is 13.4. The number of urea groups is 1. The van der Waals surface area contributed by atoms with E-state index in [0.717, 1.165) is 55.4 Å². The minimum Gasteiger partial charge on any atom is -0.340 e. The van der Waals surface area contributed by atoms with E-state index in [0.29, 0.717) is 23.7 Å². The first-order valence-corrected chi connectivity index (χ1v) is 13.4. The van der Waals surface area contributed by atoms with Gasteiger partial charge in [-0.2, -0.15) is 0 Å². The van der Waals surface area contributed by atoms with Gasteiger partial charge in [0.15, 0.2) is 0 Å². The zero-order valence-corrected chi connectivity index (χ0v) is 21.0. The van der Waals surface area contributed by atoms with Crippen LogP contribution in [-0.2, 0) is 0 Å². The molecule has 3 N–H and O–H groups in total. The Hall–Kier alpha value is -3.66. The van der Waals surface area contributed by atoms with Gasteiger partial charge in [0.05, 0.1) is 5.52 Å². The number of nitrogens with one attached hydrogen (secondary N) is 3. The summed E-state index contributed by atoms with van der Waals surface area (Å²) in [6.45, 7) is 3.92. The van der Waals surface area contributed by atoms with E-state index in [2.05, 4.69) is 30.8 Å². The third kappa shape index (κ3) is 5.53. The SMILES string of the molecule is O=C(Nc1cc(Nc2ccc3c(ccn3C(=O)NC3CC3)c2)ncn1)N1CCC(N2CCCCC2)CC1. The smallest absolute Gasteiger partial charge is 0.326 e. The predicted octanol–water partition coefficient (Wildman–Crippen LogP) is 4.38. The van der Waals surface area contributed by atoms with Gasteiger partial charge < -0.3 is 20.4 Å². The molecule has 0 radical (unpaired) electrons. The Kier molecular flexibility index (Phi) is 6.65. The van der Waals surface area contributed by atoms with Crippen LogP contribution in [0, 0.1) is 0 Å². The average Bonchev–Trinajstić information content (AvgIpc) is 3.64. The highest BCUT2D eigenvalue weighted by Gasteiger charge is 2.28. The van der Waals surface area contributed by atoms with Crippen LogP contribution in [0.1, 0.15) is 44.9 Å². The molecule has 3 fully saturated rings. The van der Waals surface area contributed by atoms with Crippen LogP contribution in [0.15, 0.2) is 42.9 Å². The minimum absolute atomic E-state index is 0.0925. The molecule has 3 aromatic rings. The van der Waals surface area contributed by atoms with Crippen molar-refractivity contribution in [2.24, 2.45) is 0 Å². The highest BCUT2D eigenvalue weighted by Crippen LogP contribution is 2.25. The van der Waals surface area contributed by atoms with E-state index in [9.17, 15) is 9.59 Å². The lowest BCUT2D eigenvalue weighted by molar-refractivity contribution is 0.104. The van der Waals surface area contributed by atoms with Gasteiger partial charge >= 0.3 is 12.1 Å². The van der Waals surface area contributed by atoms with Crippen LogP contribution in [0.5, 0.6) is 0 Å². The molecule has 0 atom stereocenters. The van der Waals surface area contributed by atoms with Gasteiger partial charge in [0.1, 0.15) is 18.0 Å². The van der Waals surface area contributed by atoms with Crippen molar-refractivity contribution in [3.8, 4) is 0 Å². The minimum atomic E-state index is -0.117. The van der Waals surface area contributed by atoms with Crippen LogP contribution in [0.3, 0.4) is 0 Å². The van der Waals surface area contributed by atoms with Crippen molar-refractivity contribution >= 4 is 40.3 Å². The van der Waals surface area contributed by atoms with Crippen molar-refractivity contribution in [2.75, 3.05) is 36.8 Å². The second-order valence-corrected chi connectivity index (χ2v) is 10.3. The van der Waals surface area contributed by atoms with Crippen LogP contribution in [0.4, 0.5) is 26.9 Å². The van der Waals surface area contributed by atoms with E-state index in [1.165, 1.54) is 38.7 Å². The van der Waals surface area contributed by atoms with Crippen molar-refractivity contribution in [1.82, 2.24) is 29.7 Å². The second-order valence-electron chi connectivity index (χ2n) is 10.3. The van der Waals surface area contributed by atoms with Gasteiger partial charge in [-0.15, -0.1) is 0 Å². The summed E-state index contributed by atoms with van der Waals surface area (Å²) in [5.74, 6) is 1.05. The number of aromatic nitrogens is 3. The second kappa shape index (κ2) is 10.4. The van der Waals surface area contributed by atoms with Crippen molar-refractivity contribution < 1.29 is 9.59 Å². The van der Waals surface area contributed by atoms with Crippen molar-refractivity contribution in [2.45, 2.75) is 57.0 Å². The van der Waals surface area contributed by atoms with E-state index in [4.69, 9.17) is 0 Å². The van der Waals surface area contributed by atoms with Crippen molar-refractivity contribution in [1.29, 1.82) is 0 Å². The fraction of sp³-hybridized carbons (Fsp3) is 0.481. The molecule has 1 aliphatic carbocycles. The molecule has 4 heterocycles. The highest BCUT2D eigenvalue weighted by atomic mass is 16.2. The number of anilines is 3. The number of fused-ring (bicyclic) bond motifs is 1.